The largest absolute Gasteiger partial charge is 0.411 e. The highest BCUT2D eigenvalue weighted by molar-refractivity contribution is 9.10. The Bertz CT molecular complexity index is 726. The van der Waals surface area contributed by atoms with Crippen LogP contribution in [0.4, 0.5) is 18.9 Å². The Labute approximate surface area is 143 Å². The molecule has 0 aliphatic heterocycles. The van der Waals surface area contributed by atoms with Gasteiger partial charge in [0.2, 0.25) is 5.91 Å². The molecule has 0 atom stereocenters. The summed E-state index contributed by atoms with van der Waals surface area (Å²) in [5, 5.41) is 10.6. The third kappa shape index (κ3) is 5.06. The molecule has 1 amide bonds. The fraction of sp³-hybridized carbons (Fsp3) is 0.462. The zero-order valence-corrected chi connectivity index (χ0v) is 14.5. The van der Waals surface area contributed by atoms with Crippen LogP contribution in [0.1, 0.15) is 11.4 Å². The zero-order chi connectivity index (χ0) is 17.9. The summed E-state index contributed by atoms with van der Waals surface area (Å²) in [5.41, 5.74) is 1.95. The van der Waals surface area contributed by atoms with Crippen LogP contribution in [-0.2, 0) is 22.8 Å². The summed E-state index contributed by atoms with van der Waals surface area (Å²) < 4.78 is 44.0. The van der Waals surface area contributed by atoms with Gasteiger partial charge < -0.3 is 10.1 Å². The molecule has 0 radical (unpaired) electrons. The number of alkyl halides is 3. The van der Waals surface area contributed by atoms with Gasteiger partial charge in [0.15, 0.2) is 0 Å². The Morgan fingerprint density at radius 2 is 2.12 bits per heavy atom. The number of hydrogen-bond acceptors (Lipinski definition) is 4. The molecule has 0 aromatic carbocycles. The second-order valence-electron chi connectivity index (χ2n) is 5.05. The van der Waals surface area contributed by atoms with Crippen molar-refractivity contribution in [2.45, 2.75) is 33.3 Å². The molecule has 0 aliphatic carbocycles. The number of carbonyl (C=O) groups is 1. The van der Waals surface area contributed by atoms with Crippen LogP contribution in [0.15, 0.2) is 16.9 Å². The van der Waals surface area contributed by atoms with E-state index in [1.165, 1.54) is 12.4 Å². The minimum Gasteiger partial charge on any atom is -0.350 e. The van der Waals surface area contributed by atoms with Gasteiger partial charge in [0.1, 0.15) is 19.9 Å². The Hall–Kier alpha value is -1.88. The lowest BCUT2D eigenvalue weighted by Crippen LogP contribution is -2.20. The van der Waals surface area contributed by atoms with E-state index in [0.29, 0.717) is 5.69 Å². The van der Waals surface area contributed by atoms with Gasteiger partial charge in [-0.15, -0.1) is 0 Å². The van der Waals surface area contributed by atoms with E-state index in [9.17, 15) is 18.0 Å². The summed E-state index contributed by atoms with van der Waals surface area (Å²) in [7, 11) is 0. The SMILES string of the molecule is Cc1nn(CC(=O)Nc2cnn(COCC(F)(F)F)c2)c(C)c1Br. The van der Waals surface area contributed by atoms with Crippen LogP contribution in [0.3, 0.4) is 0 Å². The fourth-order valence-electron chi connectivity index (χ4n) is 1.92. The molecule has 24 heavy (non-hydrogen) atoms. The fourth-order valence-corrected chi connectivity index (χ4v) is 2.20. The van der Waals surface area contributed by atoms with Crippen LogP contribution in [0, 0.1) is 13.8 Å². The van der Waals surface area contributed by atoms with E-state index in [1.807, 2.05) is 13.8 Å². The third-order valence-corrected chi connectivity index (χ3v) is 4.14. The van der Waals surface area contributed by atoms with Gasteiger partial charge in [-0.25, -0.2) is 4.68 Å². The maximum Gasteiger partial charge on any atom is 0.411 e. The first-order valence-corrected chi connectivity index (χ1v) is 7.61. The summed E-state index contributed by atoms with van der Waals surface area (Å²) in [6.07, 6.45) is -1.68. The molecule has 0 bridgehead atoms. The van der Waals surface area contributed by atoms with Gasteiger partial charge in [-0.1, -0.05) is 0 Å². The molecule has 0 saturated heterocycles. The third-order valence-electron chi connectivity index (χ3n) is 2.99. The van der Waals surface area contributed by atoms with E-state index in [-0.39, 0.29) is 19.2 Å². The lowest BCUT2D eigenvalue weighted by molar-refractivity contribution is -0.182. The smallest absolute Gasteiger partial charge is 0.350 e. The monoisotopic (exact) mass is 409 g/mol. The second kappa shape index (κ2) is 7.34. The van der Waals surface area contributed by atoms with Gasteiger partial charge in [-0.05, 0) is 29.8 Å². The summed E-state index contributed by atoms with van der Waals surface area (Å²) in [4.78, 5) is 12.0. The van der Waals surface area contributed by atoms with E-state index < -0.39 is 12.8 Å². The van der Waals surface area contributed by atoms with Crippen molar-refractivity contribution in [1.82, 2.24) is 19.6 Å². The van der Waals surface area contributed by atoms with Crippen molar-refractivity contribution >= 4 is 27.5 Å². The molecule has 2 rings (SSSR count). The Morgan fingerprint density at radius 3 is 2.71 bits per heavy atom. The minimum absolute atomic E-state index is 0.00796. The molecule has 7 nitrogen and oxygen atoms in total. The summed E-state index contributed by atoms with van der Waals surface area (Å²) in [6, 6.07) is 0. The molecule has 0 spiro atoms. The molecule has 2 heterocycles. The molecule has 2 aromatic rings. The number of aromatic nitrogens is 4. The normalized spacial score (nSPS) is 11.8. The van der Waals surface area contributed by atoms with Crippen molar-refractivity contribution in [3.8, 4) is 0 Å². The number of aryl methyl sites for hydroxylation is 1. The standard InChI is InChI=1S/C13H15BrF3N5O2/c1-8-12(14)9(2)22(20-8)5-11(23)19-10-3-18-21(4-10)7-24-6-13(15,16)17/h3-4H,5-7H2,1-2H3,(H,19,23). The first-order chi connectivity index (χ1) is 11.2. The Kier molecular flexibility index (Phi) is 5.65. The maximum atomic E-state index is 12.0. The predicted molar refractivity (Wildman–Crippen MR) is 82.3 cm³/mol. The van der Waals surface area contributed by atoms with Crippen LogP contribution in [0.5, 0.6) is 0 Å². The quantitative estimate of drug-likeness (QED) is 0.795. The van der Waals surface area contributed by atoms with Gasteiger partial charge in [0.05, 0.1) is 33.9 Å². The predicted octanol–water partition coefficient (Wildman–Crippen LogP) is 2.63. The molecule has 2 aromatic heterocycles. The zero-order valence-electron chi connectivity index (χ0n) is 12.9. The number of rotatable bonds is 6. The van der Waals surface area contributed by atoms with Crippen molar-refractivity contribution in [3.63, 3.8) is 0 Å². The molecule has 132 valence electrons. The Balaban J connectivity index is 1.87. The summed E-state index contributed by atoms with van der Waals surface area (Å²) >= 11 is 3.38. The minimum atomic E-state index is -4.39. The van der Waals surface area contributed by atoms with Crippen molar-refractivity contribution < 1.29 is 22.7 Å². The first kappa shape index (κ1) is 18.5. The van der Waals surface area contributed by atoms with Gasteiger partial charge in [-0.2, -0.15) is 23.4 Å². The number of carbonyl (C=O) groups excluding carboxylic acids is 1. The highest BCUT2D eigenvalue weighted by atomic mass is 79.9. The van der Waals surface area contributed by atoms with Gasteiger partial charge >= 0.3 is 6.18 Å². The van der Waals surface area contributed by atoms with E-state index in [2.05, 4.69) is 36.2 Å². The lowest BCUT2D eigenvalue weighted by atomic mass is 10.4. The number of anilines is 1. The highest BCUT2D eigenvalue weighted by Crippen LogP contribution is 2.19. The van der Waals surface area contributed by atoms with Crippen molar-refractivity contribution in [1.29, 1.82) is 0 Å². The topological polar surface area (TPSA) is 74.0 Å². The molecule has 0 saturated carbocycles. The molecule has 1 N–H and O–H groups in total. The molecular formula is C13H15BrF3N5O2. The molecule has 0 aliphatic rings. The average Bonchev–Trinajstić information content (AvgIpc) is 2.99. The summed E-state index contributed by atoms with van der Waals surface area (Å²) in [6.45, 7) is 1.93. The van der Waals surface area contributed by atoms with Gasteiger partial charge in [-0.3, -0.25) is 9.48 Å². The van der Waals surface area contributed by atoms with Gasteiger partial charge in [0.25, 0.3) is 0 Å². The van der Waals surface area contributed by atoms with Crippen LogP contribution in [0.25, 0.3) is 0 Å². The van der Waals surface area contributed by atoms with Gasteiger partial charge in [0, 0.05) is 0 Å². The summed E-state index contributed by atoms with van der Waals surface area (Å²) in [5.74, 6) is -0.330. The molecule has 0 fully saturated rings. The van der Waals surface area contributed by atoms with Crippen LogP contribution in [0.2, 0.25) is 0 Å². The van der Waals surface area contributed by atoms with E-state index in [0.717, 1.165) is 20.5 Å². The molecule has 11 heteroatoms. The first-order valence-electron chi connectivity index (χ1n) is 6.82. The van der Waals surface area contributed by atoms with Crippen LogP contribution < -0.4 is 5.32 Å². The molecule has 0 unspecified atom stereocenters. The number of nitrogens with zero attached hydrogens (tertiary/aromatic N) is 4. The van der Waals surface area contributed by atoms with E-state index in [1.54, 1.807) is 4.68 Å². The highest BCUT2D eigenvalue weighted by Gasteiger charge is 2.27. The maximum absolute atomic E-state index is 12.0. The lowest BCUT2D eigenvalue weighted by Gasteiger charge is -2.07. The van der Waals surface area contributed by atoms with E-state index >= 15 is 0 Å². The average molecular weight is 410 g/mol. The van der Waals surface area contributed by atoms with Crippen LogP contribution >= 0.6 is 15.9 Å². The number of nitrogens with one attached hydrogen (secondary N) is 1. The van der Waals surface area contributed by atoms with E-state index in [4.69, 9.17) is 0 Å². The number of amides is 1. The molecular weight excluding hydrogens is 395 g/mol. The number of hydrogen-bond donors (Lipinski definition) is 1. The van der Waals surface area contributed by atoms with Crippen molar-refractivity contribution in [2.75, 3.05) is 11.9 Å². The van der Waals surface area contributed by atoms with Crippen LogP contribution in [-0.4, -0.2) is 38.3 Å². The van der Waals surface area contributed by atoms with Crippen molar-refractivity contribution in [2.24, 2.45) is 0 Å². The number of halogens is 4. The Morgan fingerprint density at radius 1 is 1.42 bits per heavy atom. The van der Waals surface area contributed by atoms with Crippen molar-refractivity contribution in [3.05, 3.63) is 28.3 Å². The second-order valence-corrected chi connectivity index (χ2v) is 5.84. The number of ether oxygens (including phenoxy) is 1.